The minimum Gasteiger partial charge on any atom is -0.309 e. The Hall–Kier alpha value is -0.610. The molecular weight excluding hydrogens is 240 g/mol. The molecule has 1 N–H and O–H groups in total. The molecule has 1 aliphatic rings. The second-order valence-corrected chi connectivity index (χ2v) is 5.61. The Morgan fingerprint density at radius 2 is 2.24 bits per heavy atom. The Balaban J connectivity index is 2.21. The van der Waals surface area contributed by atoms with Gasteiger partial charge in [0.1, 0.15) is 0 Å². The third-order valence-electron chi connectivity index (χ3n) is 3.06. The van der Waals surface area contributed by atoms with Crippen LogP contribution in [0.5, 0.6) is 0 Å². The number of hydrogen-bond acceptors (Lipinski definition) is 2. The zero-order valence-corrected chi connectivity index (χ0v) is 10.7. The van der Waals surface area contributed by atoms with Gasteiger partial charge in [0, 0.05) is 11.3 Å². The van der Waals surface area contributed by atoms with Crippen molar-refractivity contribution in [2.45, 2.75) is 31.1 Å². The molecule has 2 rings (SSSR count). The number of rotatable bonds is 4. The van der Waals surface area contributed by atoms with E-state index in [-0.39, 0.29) is 6.04 Å². The van der Waals surface area contributed by atoms with Gasteiger partial charge in [0.25, 0.3) is 0 Å². The quantitative estimate of drug-likeness (QED) is 0.886. The van der Waals surface area contributed by atoms with Gasteiger partial charge in [0.2, 0.25) is 0 Å². The third kappa shape index (κ3) is 2.99. The van der Waals surface area contributed by atoms with Crippen LogP contribution < -0.4 is 5.32 Å². The van der Waals surface area contributed by atoms with Gasteiger partial charge in [-0.2, -0.15) is 11.8 Å². The number of halogens is 2. The van der Waals surface area contributed by atoms with Crippen LogP contribution in [0.3, 0.4) is 0 Å². The molecule has 0 aromatic heterocycles. The lowest BCUT2D eigenvalue weighted by molar-refractivity contribution is 0.490. The zero-order chi connectivity index (χ0) is 12.3. The van der Waals surface area contributed by atoms with Crippen LogP contribution in [0.2, 0.25) is 0 Å². The Morgan fingerprint density at radius 1 is 1.41 bits per heavy atom. The van der Waals surface area contributed by atoms with Crippen molar-refractivity contribution >= 4 is 11.8 Å². The van der Waals surface area contributed by atoms with Crippen molar-refractivity contribution < 1.29 is 8.78 Å². The largest absolute Gasteiger partial charge is 0.309 e. The summed E-state index contributed by atoms with van der Waals surface area (Å²) in [5.74, 6) is -0.368. The van der Waals surface area contributed by atoms with Gasteiger partial charge in [-0.15, -0.1) is 0 Å². The summed E-state index contributed by atoms with van der Waals surface area (Å²) in [6, 6.07) is 4.35. The van der Waals surface area contributed by atoms with Crippen LogP contribution in [0, 0.1) is 11.6 Å². The molecule has 0 bridgehead atoms. The first-order valence-electron chi connectivity index (χ1n) is 6.02. The van der Waals surface area contributed by atoms with Crippen molar-refractivity contribution in [1.82, 2.24) is 5.32 Å². The van der Waals surface area contributed by atoms with E-state index in [0.717, 1.165) is 24.3 Å². The highest BCUT2D eigenvalue weighted by Crippen LogP contribution is 2.36. The summed E-state index contributed by atoms with van der Waals surface area (Å²) in [6.07, 6.45) is 2.35. The van der Waals surface area contributed by atoms with Crippen molar-refractivity contribution in [2.24, 2.45) is 0 Å². The molecule has 2 unspecified atom stereocenters. The molecule has 17 heavy (non-hydrogen) atoms. The molecule has 1 aromatic carbocycles. The van der Waals surface area contributed by atoms with Crippen molar-refractivity contribution in [3.63, 3.8) is 0 Å². The predicted molar refractivity (Wildman–Crippen MR) is 68.3 cm³/mol. The lowest BCUT2D eigenvalue weighted by Crippen LogP contribution is -2.29. The van der Waals surface area contributed by atoms with Crippen molar-refractivity contribution in [3.8, 4) is 0 Å². The monoisotopic (exact) mass is 257 g/mol. The highest BCUT2D eigenvalue weighted by atomic mass is 32.2. The minimum atomic E-state index is -0.775. The standard InChI is InChI=1S/C13H17F2NS/c1-2-16-13(12-4-3-7-17-12)9-5-6-10(14)11(15)8-9/h5-6,8,12-13,16H,2-4,7H2,1H3. The second-order valence-electron chi connectivity index (χ2n) is 4.26. The van der Waals surface area contributed by atoms with Gasteiger partial charge in [0.05, 0.1) is 0 Å². The first-order chi connectivity index (χ1) is 8.22. The molecule has 94 valence electrons. The van der Waals surface area contributed by atoms with Crippen molar-refractivity contribution in [3.05, 3.63) is 35.4 Å². The first-order valence-corrected chi connectivity index (χ1v) is 7.07. The maximum absolute atomic E-state index is 13.3. The molecule has 0 saturated carbocycles. The van der Waals surface area contributed by atoms with Gasteiger partial charge >= 0.3 is 0 Å². The third-order valence-corrected chi connectivity index (χ3v) is 4.52. The molecule has 1 saturated heterocycles. The summed E-state index contributed by atoms with van der Waals surface area (Å²) < 4.78 is 26.2. The van der Waals surface area contributed by atoms with Crippen molar-refractivity contribution in [1.29, 1.82) is 0 Å². The highest BCUT2D eigenvalue weighted by molar-refractivity contribution is 8.00. The Kier molecular flexibility index (Phi) is 4.40. The van der Waals surface area contributed by atoms with E-state index in [2.05, 4.69) is 5.32 Å². The molecule has 1 aliphatic heterocycles. The minimum absolute atomic E-state index is 0.127. The van der Waals surface area contributed by atoms with Gasteiger partial charge in [-0.3, -0.25) is 0 Å². The Bertz CT molecular complexity index is 378. The number of thioether (sulfide) groups is 1. The van der Waals surface area contributed by atoms with E-state index in [4.69, 9.17) is 0 Å². The normalized spacial score (nSPS) is 21.7. The molecular formula is C13H17F2NS. The average Bonchev–Trinajstić information content (AvgIpc) is 2.83. The highest BCUT2D eigenvalue weighted by Gasteiger charge is 2.26. The lowest BCUT2D eigenvalue weighted by Gasteiger charge is -2.24. The van der Waals surface area contributed by atoms with Gasteiger partial charge in [-0.25, -0.2) is 8.78 Å². The Morgan fingerprint density at radius 3 is 2.82 bits per heavy atom. The molecule has 2 atom stereocenters. The summed E-state index contributed by atoms with van der Waals surface area (Å²) in [5, 5.41) is 3.85. The number of benzene rings is 1. The molecule has 1 heterocycles. The maximum atomic E-state index is 13.3. The molecule has 0 radical (unpaired) electrons. The smallest absolute Gasteiger partial charge is 0.159 e. The molecule has 4 heteroatoms. The van der Waals surface area contributed by atoms with Crippen LogP contribution in [-0.2, 0) is 0 Å². The molecule has 0 aliphatic carbocycles. The van der Waals surface area contributed by atoms with Gasteiger partial charge in [0.15, 0.2) is 11.6 Å². The second kappa shape index (κ2) is 5.83. The van der Waals surface area contributed by atoms with Gasteiger partial charge in [-0.05, 0) is 42.8 Å². The van der Waals surface area contributed by atoms with E-state index in [9.17, 15) is 8.78 Å². The van der Waals surface area contributed by atoms with Crippen LogP contribution >= 0.6 is 11.8 Å². The fourth-order valence-electron chi connectivity index (χ4n) is 2.26. The van der Waals surface area contributed by atoms with E-state index in [1.807, 2.05) is 18.7 Å². The van der Waals surface area contributed by atoms with E-state index < -0.39 is 11.6 Å². The maximum Gasteiger partial charge on any atom is 0.159 e. The van der Waals surface area contributed by atoms with Crippen LogP contribution in [0.1, 0.15) is 31.4 Å². The SMILES string of the molecule is CCNC(c1ccc(F)c(F)c1)C1CCCS1. The zero-order valence-electron chi connectivity index (χ0n) is 9.88. The lowest BCUT2D eigenvalue weighted by atomic mass is 10.0. The fraction of sp³-hybridized carbons (Fsp3) is 0.538. The van der Waals surface area contributed by atoms with E-state index >= 15 is 0 Å². The summed E-state index contributed by atoms with van der Waals surface area (Å²) in [6.45, 7) is 2.87. The average molecular weight is 257 g/mol. The first kappa shape index (κ1) is 12.8. The summed E-state index contributed by atoms with van der Waals surface area (Å²) >= 11 is 1.92. The molecule has 1 aromatic rings. The van der Waals surface area contributed by atoms with E-state index in [0.29, 0.717) is 5.25 Å². The molecule has 1 fully saturated rings. The van der Waals surface area contributed by atoms with Gasteiger partial charge in [-0.1, -0.05) is 13.0 Å². The molecule has 1 nitrogen and oxygen atoms in total. The van der Waals surface area contributed by atoms with E-state index in [1.54, 1.807) is 6.07 Å². The summed E-state index contributed by atoms with van der Waals surface area (Å²) in [4.78, 5) is 0. The Labute approximate surface area is 105 Å². The number of nitrogens with one attached hydrogen (secondary N) is 1. The van der Waals surface area contributed by atoms with Crippen LogP contribution in [-0.4, -0.2) is 17.5 Å². The van der Waals surface area contributed by atoms with Crippen LogP contribution in [0.25, 0.3) is 0 Å². The summed E-state index contributed by atoms with van der Waals surface area (Å²) in [5.41, 5.74) is 0.852. The van der Waals surface area contributed by atoms with Crippen LogP contribution in [0.4, 0.5) is 8.78 Å². The predicted octanol–water partition coefficient (Wildman–Crippen LogP) is 3.51. The molecule has 0 amide bonds. The van der Waals surface area contributed by atoms with Crippen molar-refractivity contribution in [2.75, 3.05) is 12.3 Å². The summed E-state index contributed by atoms with van der Waals surface area (Å²) in [7, 11) is 0. The number of hydrogen-bond donors (Lipinski definition) is 1. The molecule has 0 spiro atoms. The van der Waals surface area contributed by atoms with Gasteiger partial charge < -0.3 is 5.32 Å². The topological polar surface area (TPSA) is 12.0 Å². The van der Waals surface area contributed by atoms with E-state index in [1.165, 1.54) is 18.6 Å². The van der Waals surface area contributed by atoms with Crippen LogP contribution in [0.15, 0.2) is 18.2 Å². The fourth-order valence-corrected chi connectivity index (χ4v) is 3.67.